The summed E-state index contributed by atoms with van der Waals surface area (Å²) in [5.74, 6) is 1.26. The minimum absolute atomic E-state index is 0.199. The van der Waals surface area contributed by atoms with Gasteiger partial charge in [-0.1, -0.05) is 13.8 Å². The highest BCUT2D eigenvalue weighted by Gasteiger charge is 2.18. The molecule has 0 aliphatic carbocycles. The molecule has 16 heavy (non-hydrogen) atoms. The second-order valence-electron chi connectivity index (χ2n) is 4.44. The van der Waals surface area contributed by atoms with Crippen LogP contribution in [-0.2, 0) is 6.54 Å². The first-order valence-corrected chi connectivity index (χ1v) is 5.95. The molecule has 2 atom stereocenters. The lowest BCUT2D eigenvalue weighted by atomic mass is 9.99. The standard InChI is InChI=1S/C12H23N3O/c1-5-6-15-12(9(2)7-10(3)13)11(16-4)8-14-15/h8-10H,5-7,13H2,1-4H3. The lowest BCUT2D eigenvalue weighted by Crippen LogP contribution is -2.19. The van der Waals surface area contributed by atoms with Crippen LogP contribution in [0.5, 0.6) is 5.75 Å². The number of nitrogens with two attached hydrogens (primary N) is 1. The van der Waals surface area contributed by atoms with Crippen molar-refractivity contribution in [3.05, 3.63) is 11.9 Å². The van der Waals surface area contributed by atoms with Crippen molar-refractivity contribution < 1.29 is 4.74 Å². The monoisotopic (exact) mass is 225 g/mol. The van der Waals surface area contributed by atoms with Crippen LogP contribution in [0.4, 0.5) is 0 Å². The van der Waals surface area contributed by atoms with Gasteiger partial charge < -0.3 is 10.5 Å². The molecule has 0 fully saturated rings. The van der Waals surface area contributed by atoms with Crippen LogP contribution >= 0.6 is 0 Å². The van der Waals surface area contributed by atoms with Gasteiger partial charge in [0.1, 0.15) is 0 Å². The van der Waals surface area contributed by atoms with Gasteiger partial charge in [-0.15, -0.1) is 0 Å². The Morgan fingerprint density at radius 2 is 2.19 bits per heavy atom. The van der Waals surface area contributed by atoms with Crippen LogP contribution < -0.4 is 10.5 Å². The number of aryl methyl sites for hydroxylation is 1. The molecule has 0 aliphatic rings. The Labute approximate surface area is 97.8 Å². The van der Waals surface area contributed by atoms with Crippen molar-refractivity contribution >= 4 is 0 Å². The van der Waals surface area contributed by atoms with Gasteiger partial charge in [-0.25, -0.2) is 0 Å². The van der Waals surface area contributed by atoms with E-state index in [9.17, 15) is 0 Å². The van der Waals surface area contributed by atoms with Crippen molar-refractivity contribution in [3.63, 3.8) is 0 Å². The van der Waals surface area contributed by atoms with Crippen LogP contribution in [0.3, 0.4) is 0 Å². The summed E-state index contributed by atoms with van der Waals surface area (Å²) in [5.41, 5.74) is 7.01. The molecule has 4 heteroatoms. The highest BCUT2D eigenvalue weighted by atomic mass is 16.5. The molecule has 0 amide bonds. The smallest absolute Gasteiger partial charge is 0.160 e. The number of nitrogens with zero attached hydrogens (tertiary/aromatic N) is 2. The van der Waals surface area contributed by atoms with Gasteiger partial charge in [-0.05, 0) is 19.8 Å². The van der Waals surface area contributed by atoms with Gasteiger partial charge in [0, 0.05) is 18.5 Å². The molecule has 2 N–H and O–H groups in total. The first-order valence-electron chi connectivity index (χ1n) is 5.95. The summed E-state index contributed by atoms with van der Waals surface area (Å²) in [7, 11) is 1.69. The van der Waals surface area contributed by atoms with Crippen LogP contribution in [-0.4, -0.2) is 22.9 Å². The first kappa shape index (κ1) is 13.0. The number of methoxy groups -OCH3 is 1. The largest absolute Gasteiger partial charge is 0.493 e. The molecule has 92 valence electrons. The van der Waals surface area contributed by atoms with Gasteiger partial charge in [0.05, 0.1) is 19.0 Å². The molecular weight excluding hydrogens is 202 g/mol. The van der Waals surface area contributed by atoms with Crippen molar-refractivity contribution in [3.8, 4) is 5.75 Å². The Morgan fingerprint density at radius 3 is 2.69 bits per heavy atom. The molecule has 1 aromatic heterocycles. The molecule has 0 spiro atoms. The molecule has 1 heterocycles. The molecule has 0 aromatic carbocycles. The fraction of sp³-hybridized carbons (Fsp3) is 0.750. The summed E-state index contributed by atoms with van der Waals surface area (Å²) in [6, 6.07) is 0.199. The average Bonchev–Trinajstić information content (AvgIpc) is 2.60. The average molecular weight is 225 g/mol. The third-order valence-electron chi connectivity index (χ3n) is 2.69. The molecule has 1 rings (SSSR count). The van der Waals surface area contributed by atoms with Crippen molar-refractivity contribution in [2.24, 2.45) is 5.73 Å². The number of hydrogen-bond acceptors (Lipinski definition) is 3. The predicted octanol–water partition coefficient (Wildman–Crippen LogP) is 2.14. The Kier molecular flexibility index (Phi) is 4.80. The summed E-state index contributed by atoms with van der Waals surface area (Å²) in [5, 5.41) is 4.36. The van der Waals surface area contributed by atoms with E-state index >= 15 is 0 Å². The van der Waals surface area contributed by atoms with Gasteiger partial charge in [-0.2, -0.15) is 5.10 Å². The Bertz CT molecular complexity index is 320. The SMILES string of the molecule is CCCn1ncc(OC)c1C(C)CC(C)N. The summed E-state index contributed by atoms with van der Waals surface area (Å²) >= 11 is 0. The highest BCUT2D eigenvalue weighted by molar-refractivity contribution is 5.28. The van der Waals surface area contributed by atoms with E-state index < -0.39 is 0 Å². The van der Waals surface area contributed by atoms with E-state index in [0.29, 0.717) is 5.92 Å². The Hall–Kier alpha value is -1.03. The fourth-order valence-corrected chi connectivity index (χ4v) is 2.09. The van der Waals surface area contributed by atoms with Gasteiger partial charge >= 0.3 is 0 Å². The highest BCUT2D eigenvalue weighted by Crippen LogP contribution is 2.29. The number of aromatic nitrogens is 2. The van der Waals surface area contributed by atoms with Crippen LogP contribution in [0, 0.1) is 0 Å². The van der Waals surface area contributed by atoms with E-state index in [2.05, 4.69) is 18.9 Å². The van der Waals surface area contributed by atoms with Crippen LogP contribution in [0.1, 0.15) is 45.2 Å². The normalized spacial score (nSPS) is 14.8. The van der Waals surface area contributed by atoms with Crippen LogP contribution in [0.2, 0.25) is 0 Å². The van der Waals surface area contributed by atoms with Crippen LogP contribution in [0.15, 0.2) is 6.20 Å². The van der Waals surface area contributed by atoms with E-state index in [1.807, 2.05) is 11.6 Å². The zero-order chi connectivity index (χ0) is 12.1. The molecule has 0 saturated carbocycles. The zero-order valence-electron chi connectivity index (χ0n) is 10.7. The third kappa shape index (κ3) is 2.98. The number of hydrogen-bond donors (Lipinski definition) is 1. The predicted molar refractivity (Wildman–Crippen MR) is 65.8 cm³/mol. The Morgan fingerprint density at radius 1 is 1.50 bits per heavy atom. The fourth-order valence-electron chi connectivity index (χ4n) is 2.09. The van der Waals surface area contributed by atoms with Gasteiger partial charge in [0.25, 0.3) is 0 Å². The molecule has 0 radical (unpaired) electrons. The van der Waals surface area contributed by atoms with Gasteiger partial charge in [0.2, 0.25) is 0 Å². The molecule has 0 bridgehead atoms. The summed E-state index contributed by atoms with van der Waals surface area (Å²) < 4.78 is 7.38. The second-order valence-corrected chi connectivity index (χ2v) is 4.44. The summed E-state index contributed by atoms with van der Waals surface area (Å²) in [6.45, 7) is 7.29. The lowest BCUT2D eigenvalue weighted by Gasteiger charge is -2.17. The molecule has 0 aliphatic heterocycles. The number of rotatable bonds is 6. The second kappa shape index (κ2) is 5.89. The van der Waals surface area contributed by atoms with Gasteiger partial charge in [-0.3, -0.25) is 4.68 Å². The van der Waals surface area contributed by atoms with Crippen LogP contribution in [0.25, 0.3) is 0 Å². The first-order chi connectivity index (χ1) is 7.60. The van der Waals surface area contributed by atoms with Crippen molar-refractivity contribution in [1.29, 1.82) is 0 Å². The van der Waals surface area contributed by atoms with E-state index in [1.165, 1.54) is 5.69 Å². The lowest BCUT2D eigenvalue weighted by molar-refractivity contribution is 0.397. The molecule has 1 aromatic rings. The number of ether oxygens (including phenoxy) is 1. The molecule has 2 unspecified atom stereocenters. The maximum Gasteiger partial charge on any atom is 0.160 e. The van der Waals surface area contributed by atoms with Crippen molar-refractivity contribution in [2.45, 2.75) is 52.1 Å². The van der Waals surface area contributed by atoms with E-state index in [1.54, 1.807) is 13.3 Å². The van der Waals surface area contributed by atoms with Crippen molar-refractivity contribution in [2.75, 3.05) is 7.11 Å². The van der Waals surface area contributed by atoms with Gasteiger partial charge in [0.15, 0.2) is 5.75 Å². The topological polar surface area (TPSA) is 53.1 Å². The molecule has 4 nitrogen and oxygen atoms in total. The van der Waals surface area contributed by atoms with E-state index in [-0.39, 0.29) is 6.04 Å². The summed E-state index contributed by atoms with van der Waals surface area (Å²) in [6.07, 6.45) is 3.82. The maximum absolute atomic E-state index is 5.84. The minimum atomic E-state index is 0.199. The van der Waals surface area contributed by atoms with Crippen molar-refractivity contribution in [1.82, 2.24) is 9.78 Å². The van der Waals surface area contributed by atoms with E-state index in [0.717, 1.165) is 25.1 Å². The minimum Gasteiger partial charge on any atom is -0.493 e. The molecule has 0 saturated heterocycles. The summed E-state index contributed by atoms with van der Waals surface area (Å²) in [4.78, 5) is 0. The molecular formula is C12H23N3O. The Balaban J connectivity index is 2.92. The zero-order valence-corrected chi connectivity index (χ0v) is 10.7. The third-order valence-corrected chi connectivity index (χ3v) is 2.69. The maximum atomic E-state index is 5.84. The van der Waals surface area contributed by atoms with E-state index in [4.69, 9.17) is 10.5 Å². The quantitative estimate of drug-likeness (QED) is 0.807.